The summed E-state index contributed by atoms with van der Waals surface area (Å²) < 4.78 is 0. The molecule has 1 saturated carbocycles. The van der Waals surface area contributed by atoms with Crippen molar-refractivity contribution in [2.24, 2.45) is 5.41 Å². The second-order valence-corrected chi connectivity index (χ2v) is 4.79. The van der Waals surface area contributed by atoms with Crippen LogP contribution in [0.2, 0.25) is 0 Å². The molecule has 0 spiro atoms. The standard InChI is InChI=1S/C8H12BrNO/c1-8(2)3-5(10)7(9)6(11)4-8/h7,10H,3-4H2,1-2H3. The number of rotatable bonds is 0. The van der Waals surface area contributed by atoms with Gasteiger partial charge in [-0.05, 0) is 11.8 Å². The van der Waals surface area contributed by atoms with Gasteiger partial charge in [0.1, 0.15) is 4.83 Å². The van der Waals surface area contributed by atoms with Crippen LogP contribution in [0.25, 0.3) is 0 Å². The molecule has 0 saturated heterocycles. The molecular formula is C8H12BrNO. The van der Waals surface area contributed by atoms with Crippen LogP contribution >= 0.6 is 15.9 Å². The first-order chi connectivity index (χ1) is 4.92. The molecule has 11 heavy (non-hydrogen) atoms. The van der Waals surface area contributed by atoms with Gasteiger partial charge in [-0.3, -0.25) is 4.79 Å². The third-order valence-corrected chi connectivity index (χ3v) is 2.97. The number of nitrogens with one attached hydrogen (secondary N) is 1. The SMILES string of the molecule is CC1(C)CC(=N)C(Br)C(=O)C1. The van der Waals surface area contributed by atoms with Crippen molar-refractivity contribution in [2.75, 3.05) is 0 Å². The first-order valence-electron chi connectivity index (χ1n) is 3.66. The second-order valence-electron chi connectivity index (χ2n) is 3.87. The van der Waals surface area contributed by atoms with Crippen LogP contribution in [-0.2, 0) is 4.79 Å². The van der Waals surface area contributed by atoms with Crippen LogP contribution in [0, 0.1) is 10.8 Å². The number of carbonyl (C=O) groups is 1. The highest BCUT2D eigenvalue weighted by molar-refractivity contribution is 9.10. The molecule has 1 aliphatic rings. The van der Waals surface area contributed by atoms with E-state index in [9.17, 15) is 4.79 Å². The Balaban J connectivity index is 2.78. The largest absolute Gasteiger partial charge is 0.308 e. The summed E-state index contributed by atoms with van der Waals surface area (Å²) in [4.78, 5) is 10.9. The van der Waals surface area contributed by atoms with E-state index in [1.54, 1.807) is 0 Å². The Morgan fingerprint density at radius 3 is 2.55 bits per heavy atom. The predicted octanol–water partition coefficient (Wildman–Crippen LogP) is 2.16. The lowest BCUT2D eigenvalue weighted by Crippen LogP contribution is -2.37. The Labute approximate surface area is 75.0 Å². The van der Waals surface area contributed by atoms with Crippen LogP contribution in [0.4, 0.5) is 0 Å². The summed E-state index contributed by atoms with van der Waals surface area (Å²) >= 11 is 3.20. The molecule has 0 aromatic rings. The fourth-order valence-electron chi connectivity index (χ4n) is 1.42. The van der Waals surface area contributed by atoms with E-state index in [4.69, 9.17) is 5.41 Å². The van der Waals surface area contributed by atoms with Gasteiger partial charge in [0, 0.05) is 12.1 Å². The van der Waals surface area contributed by atoms with Crippen LogP contribution in [-0.4, -0.2) is 16.3 Å². The minimum Gasteiger partial charge on any atom is -0.308 e. The molecule has 3 heteroatoms. The first-order valence-corrected chi connectivity index (χ1v) is 4.58. The molecular weight excluding hydrogens is 206 g/mol. The van der Waals surface area contributed by atoms with Crippen LogP contribution in [0.1, 0.15) is 26.7 Å². The summed E-state index contributed by atoms with van der Waals surface area (Å²) in [5, 5.41) is 7.51. The smallest absolute Gasteiger partial charge is 0.152 e. The monoisotopic (exact) mass is 217 g/mol. The zero-order valence-electron chi connectivity index (χ0n) is 6.78. The zero-order valence-corrected chi connectivity index (χ0v) is 8.36. The van der Waals surface area contributed by atoms with Crippen molar-refractivity contribution in [3.05, 3.63) is 0 Å². The summed E-state index contributed by atoms with van der Waals surface area (Å²) in [6.45, 7) is 4.05. The lowest BCUT2D eigenvalue weighted by Gasteiger charge is -2.31. The van der Waals surface area contributed by atoms with Gasteiger partial charge < -0.3 is 5.41 Å². The van der Waals surface area contributed by atoms with Crippen LogP contribution in [0.3, 0.4) is 0 Å². The van der Waals surface area contributed by atoms with Gasteiger partial charge in [0.25, 0.3) is 0 Å². The summed E-state index contributed by atoms with van der Waals surface area (Å²) in [6, 6.07) is 0. The van der Waals surface area contributed by atoms with Crippen molar-refractivity contribution in [3.8, 4) is 0 Å². The summed E-state index contributed by atoms with van der Waals surface area (Å²) in [5.74, 6) is 0.145. The molecule has 0 heterocycles. The van der Waals surface area contributed by atoms with Gasteiger partial charge in [-0.25, -0.2) is 0 Å². The highest BCUT2D eigenvalue weighted by Crippen LogP contribution is 2.33. The van der Waals surface area contributed by atoms with Crippen LogP contribution in [0.15, 0.2) is 0 Å². The highest BCUT2D eigenvalue weighted by atomic mass is 79.9. The first kappa shape index (κ1) is 8.91. The van der Waals surface area contributed by atoms with Crippen LogP contribution < -0.4 is 0 Å². The van der Waals surface area contributed by atoms with Crippen molar-refractivity contribution in [1.29, 1.82) is 5.41 Å². The average molecular weight is 218 g/mol. The van der Waals surface area contributed by atoms with Gasteiger partial charge in [-0.1, -0.05) is 29.8 Å². The number of hydrogen-bond donors (Lipinski definition) is 1. The summed E-state index contributed by atoms with van der Waals surface area (Å²) in [5.41, 5.74) is 0.518. The Morgan fingerprint density at radius 1 is 1.55 bits per heavy atom. The number of ketones is 1. The molecule has 1 atom stereocenters. The van der Waals surface area contributed by atoms with E-state index in [1.807, 2.05) is 13.8 Å². The molecule has 0 aromatic carbocycles. The predicted molar refractivity (Wildman–Crippen MR) is 48.5 cm³/mol. The Kier molecular flexibility index (Phi) is 2.19. The molecule has 0 bridgehead atoms. The fraction of sp³-hybridized carbons (Fsp3) is 0.750. The topological polar surface area (TPSA) is 40.9 Å². The molecule has 1 unspecified atom stereocenters. The van der Waals surface area contributed by atoms with Crippen molar-refractivity contribution in [1.82, 2.24) is 0 Å². The Hall–Kier alpha value is -0.180. The molecule has 1 fully saturated rings. The van der Waals surface area contributed by atoms with Crippen molar-refractivity contribution < 1.29 is 4.79 Å². The van der Waals surface area contributed by atoms with E-state index >= 15 is 0 Å². The molecule has 1 N–H and O–H groups in total. The normalized spacial score (nSPS) is 30.6. The van der Waals surface area contributed by atoms with Crippen molar-refractivity contribution >= 4 is 27.4 Å². The number of alkyl halides is 1. The number of hydrogen-bond acceptors (Lipinski definition) is 2. The van der Waals surface area contributed by atoms with Gasteiger partial charge in [0.15, 0.2) is 5.78 Å². The Morgan fingerprint density at radius 2 is 2.09 bits per heavy atom. The van der Waals surface area contributed by atoms with Gasteiger partial charge in [0.2, 0.25) is 0 Å². The molecule has 0 aliphatic heterocycles. The maximum Gasteiger partial charge on any atom is 0.152 e. The van der Waals surface area contributed by atoms with E-state index in [0.29, 0.717) is 12.1 Å². The number of carbonyl (C=O) groups excluding carboxylic acids is 1. The van der Waals surface area contributed by atoms with Crippen LogP contribution in [0.5, 0.6) is 0 Å². The fourth-order valence-corrected chi connectivity index (χ4v) is 1.75. The molecule has 0 aromatic heterocycles. The maximum absolute atomic E-state index is 11.2. The van der Waals surface area contributed by atoms with E-state index < -0.39 is 0 Å². The number of halogens is 1. The summed E-state index contributed by atoms with van der Waals surface area (Å²) in [6.07, 6.45) is 1.32. The third-order valence-electron chi connectivity index (χ3n) is 1.91. The highest BCUT2D eigenvalue weighted by Gasteiger charge is 2.35. The quantitative estimate of drug-likeness (QED) is 0.622. The molecule has 62 valence electrons. The lowest BCUT2D eigenvalue weighted by atomic mass is 9.76. The molecule has 1 rings (SSSR count). The molecule has 0 radical (unpaired) electrons. The molecule has 2 nitrogen and oxygen atoms in total. The zero-order chi connectivity index (χ0) is 8.65. The van der Waals surface area contributed by atoms with E-state index in [-0.39, 0.29) is 16.0 Å². The maximum atomic E-state index is 11.2. The average Bonchev–Trinajstić information content (AvgIpc) is 1.81. The molecule has 1 aliphatic carbocycles. The van der Waals surface area contributed by atoms with E-state index in [1.165, 1.54) is 0 Å². The van der Waals surface area contributed by atoms with Crippen molar-refractivity contribution in [3.63, 3.8) is 0 Å². The number of Topliss-reactive ketones (excluding diaryl/α,β-unsaturated/α-hetero) is 1. The van der Waals surface area contributed by atoms with Gasteiger partial charge in [0.05, 0.1) is 0 Å². The van der Waals surface area contributed by atoms with E-state index in [0.717, 1.165) is 6.42 Å². The lowest BCUT2D eigenvalue weighted by molar-refractivity contribution is -0.119. The van der Waals surface area contributed by atoms with Gasteiger partial charge >= 0.3 is 0 Å². The van der Waals surface area contributed by atoms with E-state index in [2.05, 4.69) is 15.9 Å². The minimum absolute atomic E-state index is 0.00155. The third kappa shape index (κ3) is 1.89. The Bertz CT molecular complexity index is 190. The van der Waals surface area contributed by atoms with Gasteiger partial charge in [-0.2, -0.15) is 0 Å². The molecule has 0 amide bonds. The van der Waals surface area contributed by atoms with Crippen molar-refractivity contribution in [2.45, 2.75) is 31.5 Å². The second kappa shape index (κ2) is 2.70. The van der Waals surface area contributed by atoms with Gasteiger partial charge in [-0.15, -0.1) is 0 Å². The summed E-state index contributed by atoms with van der Waals surface area (Å²) in [7, 11) is 0. The minimum atomic E-state index is -0.310.